The van der Waals surface area contributed by atoms with E-state index in [9.17, 15) is 14.4 Å². The SMILES string of the molecule is Cc1ccc(SCCCC(=O)Nc2ccc3c(c2)C(=O)NC3=O)cc1. The van der Waals surface area contributed by atoms with Crippen LogP contribution in [0.5, 0.6) is 0 Å². The molecule has 25 heavy (non-hydrogen) atoms. The molecule has 0 radical (unpaired) electrons. The van der Waals surface area contributed by atoms with Gasteiger partial charge in [0.1, 0.15) is 0 Å². The number of carbonyl (C=O) groups is 3. The molecular weight excluding hydrogens is 336 g/mol. The molecular formula is C19H18N2O3S. The molecule has 3 amide bonds. The van der Waals surface area contributed by atoms with Gasteiger partial charge in [-0.05, 0) is 49.4 Å². The van der Waals surface area contributed by atoms with Crippen LogP contribution < -0.4 is 10.6 Å². The smallest absolute Gasteiger partial charge is 0.259 e. The van der Waals surface area contributed by atoms with Crippen LogP contribution in [0.1, 0.15) is 39.1 Å². The van der Waals surface area contributed by atoms with Crippen molar-refractivity contribution in [2.75, 3.05) is 11.1 Å². The van der Waals surface area contributed by atoms with Crippen LogP contribution in [-0.4, -0.2) is 23.5 Å². The van der Waals surface area contributed by atoms with E-state index in [-0.39, 0.29) is 5.91 Å². The lowest BCUT2D eigenvalue weighted by atomic mass is 10.1. The van der Waals surface area contributed by atoms with E-state index in [0.717, 1.165) is 12.2 Å². The number of amides is 3. The highest BCUT2D eigenvalue weighted by Gasteiger charge is 2.26. The van der Waals surface area contributed by atoms with Gasteiger partial charge in [-0.15, -0.1) is 11.8 Å². The second-order valence-electron chi connectivity index (χ2n) is 5.86. The molecule has 2 aromatic rings. The van der Waals surface area contributed by atoms with Gasteiger partial charge in [0.2, 0.25) is 5.91 Å². The molecule has 2 aromatic carbocycles. The zero-order valence-corrected chi connectivity index (χ0v) is 14.6. The monoisotopic (exact) mass is 354 g/mol. The normalized spacial score (nSPS) is 12.7. The zero-order chi connectivity index (χ0) is 17.8. The van der Waals surface area contributed by atoms with Crippen molar-refractivity contribution in [3.05, 3.63) is 59.2 Å². The fourth-order valence-corrected chi connectivity index (χ4v) is 3.38. The number of aryl methyl sites for hydroxylation is 1. The third kappa shape index (κ3) is 4.28. The molecule has 0 aromatic heterocycles. The van der Waals surface area contributed by atoms with E-state index in [1.165, 1.54) is 16.5 Å². The van der Waals surface area contributed by atoms with Crippen LogP contribution in [0, 0.1) is 6.92 Å². The molecule has 1 aliphatic heterocycles. The first-order valence-corrected chi connectivity index (χ1v) is 9.00. The van der Waals surface area contributed by atoms with Gasteiger partial charge in [-0.2, -0.15) is 0 Å². The largest absolute Gasteiger partial charge is 0.326 e. The molecule has 0 atom stereocenters. The fraction of sp³-hybridized carbons (Fsp3) is 0.211. The topological polar surface area (TPSA) is 75.3 Å². The molecule has 0 fully saturated rings. The number of thioether (sulfide) groups is 1. The number of nitrogens with one attached hydrogen (secondary N) is 2. The molecule has 0 spiro atoms. The number of rotatable bonds is 6. The molecule has 2 N–H and O–H groups in total. The molecule has 3 rings (SSSR count). The summed E-state index contributed by atoms with van der Waals surface area (Å²) >= 11 is 1.72. The predicted octanol–water partition coefficient (Wildman–Crippen LogP) is 3.39. The molecule has 0 saturated heterocycles. The second kappa shape index (κ2) is 7.53. The molecule has 6 heteroatoms. The number of imide groups is 1. The highest BCUT2D eigenvalue weighted by atomic mass is 32.2. The summed E-state index contributed by atoms with van der Waals surface area (Å²) in [6, 6.07) is 13.0. The molecule has 0 aliphatic carbocycles. The van der Waals surface area contributed by atoms with Crippen molar-refractivity contribution in [3.63, 3.8) is 0 Å². The van der Waals surface area contributed by atoms with Crippen molar-refractivity contribution in [3.8, 4) is 0 Å². The minimum absolute atomic E-state index is 0.103. The van der Waals surface area contributed by atoms with Crippen molar-refractivity contribution in [1.82, 2.24) is 5.32 Å². The van der Waals surface area contributed by atoms with Crippen molar-refractivity contribution in [2.24, 2.45) is 0 Å². The van der Waals surface area contributed by atoms with Crippen LogP contribution in [0.4, 0.5) is 5.69 Å². The Bertz CT molecular complexity index is 831. The number of fused-ring (bicyclic) bond motifs is 1. The highest BCUT2D eigenvalue weighted by Crippen LogP contribution is 2.22. The number of anilines is 1. The number of benzene rings is 2. The van der Waals surface area contributed by atoms with Crippen molar-refractivity contribution < 1.29 is 14.4 Å². The number of hydrogen-bond acceptors (Lipinski definition) is 4. The van der Waals surface area contributed by atoms with Crippen LogP contribution in [0.15, 0.2) is 47.4 Å². The molecule has 0 saturated carbocycles. The van der Waals surface area contributed by atoms with Crippen LogP contribution in [0.25, 0.3) is 0 Å². The van der Waals surface area contributed by atoms with E-state index in [4.69, 9.17) is 0 Å². The highest BCUT2D eigenvalue weighted by molar-refractivity contribution is 7.99. The van der Waals surface area contributed by atoms with Crippen LogP contribution in [-0.2, 0) is 4.79 Å². The van der Waals surface area contributed by atoms with E-state index in [2.05, 4.69) is 41.8 Å². The average molecular weight is 354 g/mol. The van der Waals surface area contributed by atoms with Gasteiger partial charge in [-0.25, -0.2) is 0 Å². The fourth-order valence-electron chi connectivity index (χ4n) is 2.53. The van der Waals surface area contributed by atoms with Crippen LogP contribution in [0.3, 0.4) is 0 Å². The standard InChI is InChI=1S/C19H18N2O3S/c1-12-4-7-14(8-5-12)25-10-2-3-17(22)20-13-6-9-15-16(11-13)19(24)21-18(15)23/h4-9,11H,2-3,10H2,1H3,(H,20,22)(H,21,23,24). The molecule has 1 aliphatic rings. The molecule has 128 valence electrons. The Morgan fingerprint density at radius 2 is 1.76 bits per heavy atom. The summed E-state index contributed by atoms with van der Waals surface area (Å²) in [5.74, 6) is -0.0665. The van der Waals surface area contributed by atoms with Gasteiger partial charge < -0.3 is 5.32 Å². The van der Waals surface area contributed by atoms with Gasteiger partial charge in [-0.1, -0.05) is 17.7 Å². The lowest BCUT2D eigenvalue weighted by Gasteiger charge is -2.06. The van der Waals surface area contributed by atoms with Crippen LogP contribution in [0.2, 0.25) is 0 Å². The quantitative estimate of drug-likeness (QED) is 0.474. The molecule has 1 heterocycles. The van der Waals surface area contributed by atoms with E-state index >= 15 is 0 Å². The lowest BCUT2D eigenvalue weighted by Crippen LogP contribution is -2.19. The Hall–Kier alpha value is -2.60. The molecule has 0 unspecified atom stereocenters. The maximum Gasteiger partial charge on any atom is 0.259 e. The second-order valence-corrected chi connectivity index (χ2v) is 7.03. The van der Waals surface area contributed by atoms with E-state index < -0.39 is 11.8 Å². The van der Waals surface area contributed by atoms with E-state index in [0.29, 0.717) is 23.2 Å². The van der Waals surface area contributed by atoms with Gasteiger partial charge >= 0.3 is 0 Å². The van der Waals surface area contributed by atoms with Gasteiger partial charge in [0, 0.05) is 17.0 Å². The maximum atomic E-state index is 12.0. The predicted molar refractivity (Wildman–Crippen MR) is 98.0 cm³/mol. The van der Waals surface area contributed by atoms with E-state index in [1.807, 2.05) is 0 Å². The van der Waals surface area contributed by atoms with Crippen LogP contribution >= 0.6 is 11.8 Å². The Balaban J connectivity index is 1.47. The zero-order valence-electron chi connectivity index (χ0n) is 13.8. The van der Waals surface area contributed by atoms with Crippen molar-refractivity contribution >= 4 is 35.2 Å². The third-order valence-corrected chi connectivity index (χ3v) is 4.96. The first-order chi connectivity index (χ1) is 12.0. The molecule has 5 nitrogen and oxygen atoms in total. The lowest BCUT2D eigenvalue weighted by molar-refractivity contribution is -0.116. The number of carbonyl (C=O) groups excluding carboxylic acids is 3. The third-order valence-electron chi connectivity index (χ3n) is 3.86. The summed E-state index contributed by atoms with van der Waals surface area (Å²) in [6.45, 7) is 2.05. The summed E-state index contributed by atoms with van der Waals surface area (Å²) < 4.78 is 0. The summed E-state index contributed by atoms with van der Waals surface area (Å²) in [5, 5.41) is 5.00. The van der Waals surface area contributed by atoms with Gasteiger partial charge in [0.15, 0.2) is 0 Å². The minimum atomic E-state index is -0.425. The number of hydrogen-bond donors (Lipinski definition) is 2. The molecule has 0 bridgehead atoms. The van der Waals surface area contributed by atoms with Gasteiger partial charge in [0.05, 0.1) is 11.1 Å². The Labute approximate surface area is 150 Å². The maximum absolute atomic E-state index is 12.0. The average Bonchev–Trinajstić information content (AvgIpc) is 2.87. The van der Waals surface area contributed by atoms with Crippen molar-refractivity contribution in [2.45, 2.75) is 24.7 Å². The Morgan fingerprint density at radius 1 is 1.04 bits per heavy atom. The minimum Gasteiger partial charge on any atom is -0.326 e. The first kappa shape index (κ1) is 17.2. The van der Waals surface area contributed by atoms with E-state index in [1.54, 1.807) is 23.9 Å². The summed E-state index contributed by atoms with van der Waals surface area (Å²) in [5.41, 5.74) is 2.41. The Morgan fingerprint density at radius 3 is 2.52 bits per heavy atom. The van der Waals surface area contributed by atoms with Gasteiger partial charge in [-0.3, -0.25) is 19.7 Å². The summed E-state index contributed by atoms with van der Waals surface area (Å²) in [4.78, 5) is 36.4. The van der Waals surface area contributed by atoms with Crippen molar-refractivity contribution in [1.29, 1.82) is 0 Å². The van der Waals surface area contributed by atoms with Gasteiger partial charge in [0.25, 0.3) is 11.8 Å². The Kier molecular flexibility index (Phi) is 5.19. The first-order valence-electron chi connectivity index (χ1n) is 8.02. The summed E-state index contributed by atoms with van der Waals surface area (Å²) in [7, 11) is 0. The summed E-state index contributed by atoms with van der Waals surface area (Å²) in [6.07, 6.45) is 1.16.